The third-order valence-corrected chi connectivity index (χ3v) is 1.31. The predicted molar refractivity (Wildman–Crippen MR) is 40.6 cm³/mol. The molecule has 0 radical (unpaired) electrons. The molecule has 0 aromatic carbocycles. The smallest absolute Gasteiger partial charge is 0.0735 e. The second kappa shape index (κ2) is 4.00. The van der Waals surface area contributed by atoms with Crippen LogP contribution in [0.3, 0.4) is 0 Å². The van der Waals surface area contributed by atoms with Gasteiger partial charge < -0.3 is 4.84 Å². The largest absolute Gasteiger partial charge is 0.304 e. The molecule has 0 aliphatic heterocycles. The van der Waals surface area contributed by atoms with Crippen molar-refractivity contribution in [3.8, 4) is 0 Å². The van der Waals surface area contributed by atoms with Gasteiger partial charge in [0.25, 0.3) is 0 Å². The van der Waals surface area contributed by atoms with E-state index >= 15 is 0 Å². The molecule has 0 aliphatic rings. The summed E-state index contributed by atoms with van der Waals surface area (Å²) in [7, 11) is 0. The molecule has 0 bridgehead atoms. The van der Waals surface area contributed by atoms with E-state index in [-0.39, 0.29) is 0 Å². The van der Waals surface area contributed by atoms with Gasteiger partial charge in [-0.3, -0.25) is 9.97 Å². The fourth-order valence-corrected chi connectivity index (χ4v) is 0.712. The van der Waals surface area contributed by atoms with Crippen molar-refractivity contribution in [2.24, 2.45) is 5.90 Å². The summed E-state index contributed by atoms with van der Waals surface area (Å²) in [6, 6.07) is 0. The molecule has 1 rings (SSSR count). The summed E-state index contributed by atoms with van der Waals surface area (Å²) in [5.41, 5.74) is 1.82. The SMILES string of the molecule is Cc1cnc(CCON)cn1. The molecule has 11 heavy (non-hydrogen) atoms. The summed E-state index contributed by atoms with van der Waals surface area (Å²) < 4.78 is 0. The van der Waals surface area contributed by atoms with Crippen LogP contribution in [0.5, 0.6) is 0 Å². The van der Waals surface area contributed by atoms with Crippen LogP contribution >= 0.6 is 0 Å². The van der Waals surface area contributed by atoms with Crippen molar-refractivity contribution in [3.63, 3.8) is 0 Å². The Labute approximate surface area is 65.4 Å². The molecule has 1 heterocycles. The normalized spacial score (nSPS) is 10.0. The van der Waals surface area contributed by atoms with E-state index in [2.05, 4.69) is 14.8 Å². The third-order valence-electron chi connectivity index (χ3n) is 1.31. The van der Waals surface area contributed by atoms with Gasteiger partial charge in [-0.05, 0) is 6.92 Å². The van der Waals surface area contributed by atoms with Gasteiger partial charge in [0.05, 0.1) is 18.0 Å². The number of nitrogens with zero attached hydrogens (tertiary/aromatic N) is 2. The highest BCUT2D eigenvalue weighted by atomic mass is 16.6. The number of aryl methyl sites for hydroxylation is 1. The zero-order chi connectivity index (χ0) is 8.10. The van der Waals surface area contributed by atoms with Gasteiger partial charge in [-0.15, -0.1) is 0 Å². The second-order valence-corrected chi connectivity index (χ2v) is 2.27. The van der Waals surface area contributed by atoms with Gasteiger partial charge in [0.2, 0.25) is 0 Å². The van der Waals surface area contributed by atoms with Gasteiger partial charge in [-0.25, -0.2) is 5.90 Å². The average Bonchev–Trinajstić information content (AvgIpc) is 2.04. The minimum Gasteiger partial charge on any atom is -0.304 e. The number of rotatable bonds is 3. The van der Waals surface area contributed by atoms with Crippen molar-refractivity contribution in [2.45, 2.75) is 13.3 Å². The maximum atomic E-state index is 4.86. The molecule has 0 atom stereocenters. The van der Waals surface area contributed by atoms with Crippen LogP contribution in [0.25, 0.3) is 0 Å². The molecule has 60 valence electrons. The molecule has 0 aliphatic carbocycles. The van der Waals surface area contributed by atoms with E-state index in [4.69, 9.17) is 5.90 Å². The zero-order valence-electron chi connectivity index (χ0n) is 6.45. The van der Waals surface area contributed by atoms with Crippen LogP contribution in [0.2, 0.25) is 0 Å². The summed E-state index contributed by atoms with van der Waals surface area (Å²) in [6.45, 7) is 2.38. The predicted octanol–water partition coefficient (Wildman–Crippen LogP) is 0.218. The van der Waals surface area contributed by atoms with Crippen molar-refractivity contribution in [1.82, 2.24) is 9.97 Å². The molecule has 4 heteroatoms. The molecule has 1 aromatic heterocycles. The standard InChI is InChI=1S/C7H11N3O/c1-6-4-10-7(5-9-6)2-3-11-8/h4-5H,2-3,8H2,1H3. The third kappa shape index (κ3) is 2.61. The maximum Gasteiger partial charge on any atom is 0.0735 e. The fraction of sp³-hybridized carbons (Fsp3) is 0.429. The molecule has 1 aromatic rings. The summed E-state index contributed by atoms with van der Waals surface area (Å²) in [5.74, 6) is 4.86. The van der Waals surface area contributed by atoms with Crippen LogP contribution in [0.1, 0.15) is 11.4 Å². The average molecular weight is 153 g/mol. The summed E-state index contributed by atoms with van der Waals surface area (Å²) >= 11 is 0. The Kier molecular flexibility index (Phi) is 2.95. The molecular weight excluding hydrogens is 142 g/mol. The van der Waals surface area contributed by atoms with E-state index in [0.29, 0.717) is 13.0 Å². The lowest BCUT2D eigenvalue weighted by Crippen LogP contribution is -2.05. The summed E-state index contributed by atoms with van der Waals surface area (Å²) in [5, 5.41) is 0. The van der Waals surface area contributed by atoms with Crippen molar-refractivity contribution in [1.29, 1.82) is 0 Å². The number of nitrogens with two attached hydrogens (primary N) is 1. The van der Waals surface area contributed by atoms with Crippen LogP contribution < -0.4 is 5.90 Å². The highest BCUT2D eigenvalue weighted by Gasteiger charge is 1.93. The molecule has 0 spiro atoms. The topological polar surface area (TPSA) is 61.0 Å². The molecule has 0 unspecified atom stereocenters. The van der Waals surface area contributed by atoms with E-state index in [1.807, 2.05) is 6.92 Å². The van der Waals surface area contributed by atoms with Crippen LogP contribution in [0.4, 0.5) is 0 Å². The van der Waals surface area contributed by atoms with Crippen LogP contribution in [-0.2, 0) is 11.3 Å². The Morgan fingerprint density at radius 3 is 2.82 bits per heavy atom. The molecule has 0 fully saturated rings. The van der Waals surface area contributed by atoms with Crippen molar-refractivity contribution in [3.05, 3.63) is 23.8 Å². The second-order valence-electron chi connectivity index (χ2n) is 2.27. The van der Waals surface area contributed by atoms with Gasteiger partial charge in [0, 0.05) is 18.8 Å². The summed E-state index contributed by atoms with van der Waals surface area (Å²) in [4.78, 5) is 12.6. The van der Waals surface area contributed by atoms with Gasteiger partial charge >= 0.3 is 0 Å². The molecule has 0 saturated carbocycles. The van der Waals surface area contributed by atoms with Crippen molar-refractivity contribution >= 4 is 0 Å². The van der Waals surface area contributed by atoms with Gasteiger partial charge in [0.15, 0.2) is 0 Å². The van der Waals surface area contributed by atoms with E-state index in [1.165, 1.54) is 0 Å². The first kappa shape index (κ1) is 8.10. The first-order valence-electron chi connectivity index (χ1n) is 3.42. The zero-order valence-corrected chi connectivity index (χ0v) is 6.45. The van der Waals surface area contributed by atoms with Crippen molar-refractivity contribution in [2.75, 3.05) is 6.61 Å². The molecule has 2 N–H and O–H groups in total. The van der Waals surface area contributed by atoms with E-state index in [0.717, 1.165) is 11.4 Å². The molecule has 0 amide bonds. The minimum absolute atomic E-state index is 0.484. The number of hydrogen-bond donors (Lipinski definition) is 1. The lowest BCUT2D eigenvalue weighted by molar-refractivity contribution is 0.140. The maximum absolute atomic E-state index is 4.86. The minimum atomic E-state index is 0.484. The van der Waals surface area contributed by atoms with E-state index in [9.17, 15) is 0 Å². The quantitative estimate of drug-likeness (QED) is 0.631. The lowest BCUT2D eigenvalue weighted by Gasteiger charge is -1.97. The van der Waals surface area contributed by atoms with Crippen LogP contribution in [0.15, 0.2) is 12.4 Å². The monoisotopic (exact) mass is 153 g/mol. The fourth-order valence-electron chi connectivity index (χ4n) is 0.712. The number of hydrogen-bond acceptors (Lipinski definition) is 4. The van der Waals surface area contributed by atoms with Crippen molar-refractivity contribution < 1.29 is 4.84 Å². The Bertz CT molecular complexity index is 209. The Hall–Kier alpha value is -1.00. The van der Waals surface area contributed by atoms with Crippen LogP contribution in [0, 0.1) is 6.92 Å². The molecular formula is C7H11N3O. The highest BCUT2D eigenvalue weighted by molar-refractivity contribution is 5.00. The Balaban J connectivity index is 2.52. The molecule has 4 nitrogen and oxygen atoms in total. The first-order chi connectivity index (χ1) is 5.33. The summed E-state index contributed by atoms with van der Waals surface area (Å²) in [6.07, 6.45) is 4.17. The van der Waals surface area contributed by atoms with E-state index in [1.54, 1.807) is 12.4 Å². The molecule has 0 saturated heterocycles. The highest BCUT2D eigenvalue weighted by Crippen LogP contribution is 1.94. The lowest BCUT2D eigenvalue weighted by atomic mass is 10.3. The van der Waals surface area contributed by atoms with Gasteiger partial charge in [-0.2, -0.15) is 0 Å². The van der Waals surface area contributed by atoms with E-state index < -0.39 is 0 Å². The van der Waals surface area contributed by atoms with Gasteiger partial charge in [0.1, 0.15) is 0 Å². The van der Waals surface area contributed by atoms with Gasteiger partial charge in [-0.1, -0.05) is 0 Å². The number of aromatic nitrogens is 2. The Morgan fingerprint density at radius 1 is 1.45 bits per heavy atom. The Morgan fingerprint density at radius 2 is 2.27 bits per heavy atom. The first-order valence-corrected chi connectivity index (χ1v) is 3.42. The van der Waals surface area contributed by atoms with Crippen LogP contribution in [-0.4, -0.2) is 16.6 Å².